The molecule has 19 heavy (non-hydrogen) atoms. The number of pyridine rings is 1. The lowest BCUT2D eigenvalue weighted by atomic mass is 10.3. The van der Waals surface area contributed by atoms with Crippen LogP contribution < -0.4 is 4.57 Å². The summed E-state index contributed by atoms with van der Waals surface area (Å²) in [6.07, 6.45) is 4.11. The molecule has 1 aromatic heterocycles. The summed E-state index contributed by atoms with van der Waals surface area (Å²) in [6.45, 7) is 0. The van der Waals surface area contributed by atoms with E-state index in [0.29, 0.717) is 0 Å². The first kappa shape index (κ1) is 12.0. The van der Waals surface area contributed by atoms with Crippen molar-refractivity contribution in [3.8, 4) is 5.69 Å². The Labute approximate surface area is 117 Å². The van der Waals surface area contributed by atoms with Crippen molar-refractivity contribution in [2.45, 2.75) is 9.79 Å². The molecule has 0 fully saturated rings. The van der Waals surface area contributed by atoms with E-state index in [2.05, 4.69) is 65.5 Å². The van der Waals surface area contributed by atoms with Crippen molar-refractivity contribution in [3.05, 3.63) is 85.2 Å². The fraction of sp³-hybridized carbons (Fsp3) is 0. The number of hydrogen-bond acceptors (Lipinski definition) is 1. The first-order valence-corrected chi connectivity index (χ1v) is 7.03. The number of benzene rings is 2. The van der Waals surface area contributed by atoms with Gasteiger partial charge in [-0.25, -0.2) is 0 Å². The van der Waals surface area contributed by atoms with Crippen LogP contribution in [-0.2, 0) is 0 Å². The van der Waals surface area contributed by atoms with Crippen LogP contribution in [0.1, 0.15) is 0 Å². The molecule has 1 heterocycles. The zero-order valence-electron chi connectivity index (χ0n) is 10.4. The molecule has 0 spiro atoms. The van der Waals surface area contributed by atoms with E-state index in [1.807, 2.05) is 24.3 Å². The summed E-state index contributed by atoms with van der Waals surface area (Å²) in [7, 11) is 0. The van der Waals surface area contributed by atoms with Gasteiger partial charge in [0.1, 0.15) is 0 Å². The molecule has 2 heteroatoms. The maximum atomic E-state index is 2.16. The van der Waals surface area contributed by atoms with E-state index < -0.39 is 0 Å². The molecule has 0 aliphatic carbocycles. The van der Waals surface area contributed by atoms with Crippen molar-refractivity contribution in [2.24, 2.45) is 0 Å². The zero-order valence-corrected chi connectivity index (χ0v) is 11.3. The minimum atomic E-state index is 1.18. The van der Waals surface area contributed by atoms with Crippen LogP contribution >= 0.6 is 11.8 Å². The van der Waals surface area contributed by atoms with E-state index in [9.17, 15) is 0 Å². The van der Waals surface area contributed by atoms with Gasteiger partial charge in [-0.2, -0.15) is 4.57 Å². The molecule has 0 radical (unpaired) electrons. The van der Waals surface area contributed by atoms with Crippen LogP contribution in [0, 0.1) is 0 Å². The topological polar surface area (TPSA) is 3.88 Å². The Balaban J connectivity index is 1.80. The average Bonchev–Trinajstić information content (AvgIpc) is 2.50. The van der Waals surface area contributed by atoms with Gasteiger partial charge in [0.2, 0.25) is 5.69 Å². The third-order valence-electron chi connectivity index (χ3n) is 2.83. The maximum absolute atomic E-state index is 2.16. The Morgan fingerprint density at radius 3 is 1.84 bits per heavy atom. The predicted octanol–water partition coefficient (Wildman–Crippen LogP) is 4.11. The van der Waals surface area contributed by atoms with Gasteiger partial charge in [-0.1, -0.05) is 36.0 Å². The molecule has 0 saturated heterocycles. The van der Waals surface area contributed by atoms with Gasteiger partial charge in [-0.05, 0) is 24.3 Å². The van der Waals surface area contributed by atoms with E-state index >= 15 is 0 Å². The standard InChI is InChI=1S/C17H14NS/c1-3-7-16(8-4-1)19-17-11-9-15(10-12-17)18-13-5-2-6-14-18/h1-14H/q+1. The summed E-state index contributed by atoms with van der Waals surface area (Å²) < 4.78 is 2.11. The molecule has 0 atom stereocenters. The molecule has 0 aliphatic heterocycles. The first-order valence-electron chi connectivity index (χ1n) is 6.21. The summed E-state index contributed by atoms with van der Waals surface area (Å²) in [5.74, 6) is 0. The van der Waals surface area contributed by atoms with Crippen molar-refractivity contribution in [2.75, 3.05) is 0 Å². The summed E-state index contributed by atoms with van der Waals surface area (Å²) in [5, 5.41) is 0. The van der Waals surface area contributed by atoms with Crippen LogP contribution in [0.2, 0.25) is 0 Å². The highest BCUT2D eigenvalue weighted by Crippen LogP contribution is 2.27. The van der Waals surface area contributed by atoms with Crippen LogP contribution in [0.5, 0.6) is 0 Å². The highest BCUT2D eigenvalue weighted by atomic mass is 32.2. The Morgan fingerprint density at radius 2 is 1.16 bits per heavy atom. The lowest BCUT2D eigenvalue weighted by molar-refractivity contribution is -0.595. The predicted molar refractivity (Wildman–Crippen MR) is 78.5 cm³/mol. The molecule has 0 saturated carbocycles. The smallest absolute Gasteiger partial charge is 0.167 e. The minimum Gasteiger partial charge on any atom is -0.167 e. The lowest BCUT2D eigenvalue weighted by Gasteiger charge is -2.01. The van der Waals surface area contributed by atoms with E-state index in [1.54, 1.807) is 11.8 Å². The summed E-state index contributed by atoms with van der Waals surface area (Å²) in [4.78, 5) is 2.52. The number of rotatable bonds is 3. The monoisotopic (exact) mass is 264 g/mol. The summed E-state index contributed by atoms with van der Waals surface area (Å²) >= 11 is 1.78. The van der Waals surface area contributed by atoms with Gasteiger partial charge in [-0.15, -0.1) is 0 Å². The van der Waals surface area contributed by atoms with Crippen LogP contribution in [0.25, 0.3) is 5.69 Å². The van der Waals surface area contributed by atoms with Crippen LogP contribution in [0.15, 0.2) is 95.0 Å². The largest absolute Gasteiger partial charge is 0.210 e. The molecular formula is C17H14NS+. The number of hydrogen-bond donors (Lipinski definition) is 0. The van der Waals surface area contributed by atoms with E-state index in [1.165, 1.54) is 15.5 Å². The Bertz CT molecular complexity index is 633. The third-order valence-corrected chi connectivity index (χ3v) is 3.85. The fourth-order valence-electron chi connectivity index (χ4n) is 1.88. The van der Waals surface area contributed by atoms with Gasteiger partial charge < -0.3 is 0 Å². The molecule has 3 aromatic rings. The van der Waals surface area contributed by atoms with Crippen molar-refractivity contribution in [1.82, 2.24) is 0 Å². The first-order chi connectivity index (χ1) is 9.42. The summed E-state index contributed by atoms with van der Waals surface area (Å²) in [5.41, 5.74) is 1.18. The molecule has 0 N–H and O–H groups in total. The van der Waals surface area contributed by atoms with Gasteiger partial charge in [0.15, 0.2) is 12.4 Å². The highest BCUT2D eigenvalue weighted by Gasteiger charge is 2.04. The van der Waals surface area contributed by atoms with Gasteiger partial charge >= 0.3 is 0 Å². The highest BCUT2D eigenvalue weighted by molar-refractivity contribution is 7.99. The Kier molecular flexibility index (Phi) is 3.61. The molecule has 0 unspecified atom stereocenters. The van der Waals surface area contributed by atoms with Crippen molar-refractivity contribution in [3.63, 3.8) is 0 Å². The normalized spacial score (nSPS) is 10.3. The summed E-state index contributed by atoms with van der Waals surface area (Å²) in [6, 6.07) is 25.1. The maximum Gasteiger partial charge on any atom is 0.210 e. The van der Waals surface area contributed by atoms with Crippen molar-refractivity contribution in [1.29, 1.82) is 0 Å². The van der Waals surface area contributed by atoms with E-state index in [4.69, 9.17) is 0 Å². The second-order valence-electron chi connectivity index (χ2n) is 4.19. The Hall–Kier alpha value is -2.06. The number of nitrogens with zero attached hydrogens (tertiary/aromatic N) is 1. The van der Waals surface area contributed by atoms with Gasteiger partial charge in [0, 0.05) is 34.1 Å². The second kappa shape index (κ2) is 5.72. The van der Waals surface area contributed by atoms with Crippen LogP contribution in [0.4, 0.5) is 0 Å². The molecule has 3 rings (SSSR count). The molecule has 0 aliphatic rings. The molecule has 0 bridgehead atoms. The third kappa shape index (κ3) is 3.04. The van der Waals surface area contributed by atoms with Gasteiger partial charge in [0.05, 0.1) is 0 Å². The molecule has 2 aromatic carbocycles. The molecular weight excluding hydrogens is 250 g/mol. The minimum absolute atomic E-state index is 1.18. The fourth-order valence-corrected chi connectivity index (χ4v) is 2.72. The SMILES string of the molecule is c1ccc(Sc2ccc(-[n+]3ccccc3)cc2)cc1. The van der Waals surface area contributed by atoms with Gasteiger partial charge in [0.25, 0.3) is 0 Å². The molecule has 92 valence electrons. The van der Waals surface area contributed by atoms with Crippen LogP contribution in [-0.4, -0.2) is 0 Å². The Morgan fingerprint density at radius 1 is 0.579 bits per heavy atom. The zero-order chi connectivity index (χ0) is 12.9. The van der Waals surface area contributed by atoms with Crippen molar-refractivity contribution >= 4 is 11.8 Å². The van der Waals surface area contributed by atoms with Crippen molar-refractivity contribution < 1.29 is 4.57 Å². The average molecular weight is 264 g/mol. The van der Waals surface area contributed by atoms with E-state index in [-0.39, 0.29) is 0 Å². The van der Waals surface area contributed by atoms with E-state index in [0.717, 1.165) is 0 Å². The second-order valence-corrected chi connectivity index (χ2v) is 5.34. The molecule has 0 amide bonds. The van der Waals surface area contributed by atoms with Crippen LogP contribution in [0.3, 0.4) is 0 Å². The quantitative estimate of drug-likeness (QED) is 0.644. The number of aromatic nitrogens is 1. The lowest BCUT2D eigenvalue weighted by Crippen LogP contribution is -2.28. The van der Waals surface area contributed by atoms with Gasteiger partial charge in [-0.3, -0.25) is 0 Å². The molecule has 1 nitrogen and oxygen atoms in total.